The van der Waals surface area contributed by atoms with Crippen LogP contribution in [0.15, 0.2) is 41.3 Å². The van der Waals surface area contributed by atoms with Gasteiger partial charge in [0.25, 0.3) is 0 Å². The smallest absolute Gasteiger partial charge is 0.234 e. The number of ether oxygens (including phenoxy) is 1. The van der Waals surface area contributed by atoms with E-state index in [1.54, 1.807) is 12.1 Å². The number of amides is 1. The first-order chi connectivity index (χ1) is 10.5. The molecule has 0 aliphatic carbocycles. The molecule has 0 saturated heterocycles. The van der Waals surface area contributed by atoms with Gasteiger partial charge in [0.05, 0.1) is 18.6 Å². The third-order valence-corrected chi connectivity index (χ3v) is 3.88. The summed E-state index contributed by atoms with van der Waals surface area (Å²) in [5.74, 6) is -1.43. The fourth-order valence-corrected chi connectivity index (χ4v) is 2.54. The minimum absolute atomic E-state index is 0.0855. The van der Waals surface area contributed by atoms with E-state index >= 15 is 0 Å². The van der Waals surface area contributed by atoms with Crippen LogP contribution in [0.2, 0.25) is 0 Å². The number of methoxy groups -OCH3 is 1. The van der Waals surface area contributed by atoms with Crippen molar-refractivity contribution in [2.24, 2.45) is 0 Å². The van der Waals surface area contributed by atoms with Crippen LogP contribution in [-0.4, -0.2) is 18.8 Å². The van der Waals surface area contributed by atoms with Crippen molar-refractivity contribution < 1.29 is 18.3 Å². The number of benzene rings is 2. The topological polar surface area (TPSA) is 38.3 Å². The van der Waals surface area contributed by atoms with Crippen molar-refractivity contribution in [2.45, 2.75) is 11.8 Å². The lowest BCUT2D eigenvalue weighted by molar-refractivity contribution is -0.113. The van der Waals surface area contributed by atoms with Crippen LogP contribution in [0.4, 0.5) is 14.5 Å². The Balaban J connectivity index is 1.98. The molecule has 22 heavy (non-hydrogen) atoms. The molecule has 2 aromatic carbocycles. The molecule has 1 amide bonds. The van der Waals surface area contributed by atoms with Crippen LogP contribution in [0.25, 0.3) is 0 Å². The first kappa shape index (κ1) is 16.3. The number of hydrogen-bond acceptors (Lipinski definition) is 3. The molecule has 0 aliphatic heterocycles. The van der Waals surface area contributed by atoms with Crippen LogP contribution in [0, 0.1) is 18.6 Å². The van der Waals surface area contributed by atoms with Crippen molar-refractivity contribution in [3.05, 3.63) is 53.6 Å². The number of halogens is 2. The van der Waals surface area contributed by atoms with E-state index in [2.05, 4.69) is 5.32 Å². The summed E-state index contributed by atoms with van der Waals surface area (Å²) in [6.07, 6.45) is 0. The van der Waals surface area contributed by atoms with E-state index in [1.807, 2.05) is 13.0 Å². The lowest BCUT2D eigenvalue weighted by Crippen LogP contribution is -2.14. The fraction of sp³-hybridized carbons (Fsp3) is 0.188. The molecule has 1 N–H and O–H groups in total. The molecule has 0 bridgehead atoms. The highest BCUT2D eigenvalue weighted by atomic mass is 32.2. The predicted octanol–water partition coefficient (Wildman–Crippen LogP) is 4.01. The predicted molar refractivity (Wildman–Crippen MR) is 83.4 cm³/mol. The number of carbonyl (C=O) groups is 1. The van der Waals surface area contributed by atoms with Gasteiger partial charge in [-0.1, -0.05) is 6.07 Å². The molecule has 0 atom stereocenters. The highest BCUT2D eigenvalue weighted by molar-refractivity contribution is 8.00. The summed E-state index contributed by atoms with van der Waals surface area (Å²) >= 11 is 1.13. The third kappa shape index (κ3) is 4.21. The number of anilines is 1. The van der Waals surface area contributed by atoms with Crippen LogP contribution in [0.3, 0.4) is 0 Å². The van der Waals surface area contributed by atoms with Gasteiger partial charge in [0, 0.05) is 4.90 Å². The normalized spacial score (nSPS) is 10.4. The van der Waals surface area contributed by atoms with Gasteiger partial charge in [-0.3, -0.25) is 4.79 Å². The summed E-state index contributed by atoms with van der Waals surface area (Å²) in [4.78, 5) is 12.5. The van der Waals surface area contributed by atoms with E-state index in [9.17, 15) is 13.6 Å². The van der Waals surface area contributed by atoms with Crippen LogP contribution in [0.5, 0.6) is 5.75 Å². The number of nitrogens with one attached hydrogen (secondary N) is 1. The minimum Gasteiger partial charge on any atom is -0.495 e. The standard InChI is InChI=1S/C16H15F2NO2S/c1-10-3-6-15(21-2)14(7-10)19-16(20)9-22-11-4-5-12(17)13(18)8-11/h3-8H,9H2,1-2H3,(H,19,20). The van der Waals surface area contributed by atoms with E-state index in [1.165, 1.54) is 13.2 Å². The average Bonchev–Trinajstić information content (AvgIpc) is 2.49. The van der Waals surface area contributed by atoms with Crippen LogP contribution < -0.4 is 10.1 Å². The number of aryl methyl sites for hydroxylation is 1. The summed E-state index contributed by atoms with van der Waals surface area (Å²) in [5.41, 5.74) is 1.57. The Bertz CT molecular complexity index is 692. The van der Waals surface area contributed by atoms with E-state index in [4.69, 9.17) is 4.74 Å². The number of rotatable bonds is 5. The van der Waals surface area contributed by atoms with Crippen molar-refractivity contribution in [3.8, 4) is 5.75 Å². The van der Waals surface area contributed by atoms with Crippen LogP contribution in [-0.2, 0) is 4.79 Å². The Morgan fingerprint density at radius 2 is 1.95 bits per heavy atom. The van der Waals surface area contributed by atoms with Crippen molar-refractivity contribution in [1.82, 2.24) is 0 Å². The summed E-state index contributed by atoms with van der Waals surface area (Å²) in [6, 6.07) is 9.00. The van der Waals surface area contributed by atoms with Gasteiger partial charge in [0.15, 0.2) is 11.6 Å². The third-order valence-electron chi connectivity index (χ3n) is 2.89. The molecule has 116 valence electrons. The second-order valence-electron chi connectivity index (χ2n) is 4.62. The van der Waals surface area contributed by atoms with Gasteiger partial charge in [0.2, 0.25) is 5.91 Å². The molecule has 0 heterocycles. The number of carbonyl (C=O) groups excluding carboxylic acids is 1. The molecule has 0 spiro atoms. The van der Waals surface area contributed by atoms with E-state index in [-0.39, 0.29) is 11.7 Å². The first-order valence-electron chi connectivity index (χ1n) is 6.52. The zero-order valence-corrected chi connectivity index (χ0v) is 13.0. The lowest BCUT2D eigenvalue weighted by Gasteiger charge is -2.11. The van der Waals surface area contributed by atoms with E-state index in [0.29, 0.717) is 16.3 Å². The molecule has 0 unspecified atom stereocenters. The van der Waals surface area contributed by atoms with Crippen molar-refractivity contribution in [3.63, 3.8) is 0 Å². The fourth-order valence-electron chi connectivity index (χ4n) is 1.82. The Morgan fingerprint density at radius 1 is 1.18 bits per heavy atom. The first-order valence-corrected chi connectivity index (χ1v) is 7.50. The molecule has 2 aromatic rings. The number of hydrogen-bond donors (Lipinski definition) is 1. The zero-order chi connectivity index (χ0) is 16.1. The van der Waals surface area contributed by atoms with Gasteiger partial charge in [0.1, 0.15) is 5.75 Å². The van der Waals surface area contributed by atoms with Crippen LogP contribution in [0.1, 0.15) is 5.56 Å². The van der Waals surface area contributed by atoms with Crippen molar-refractivity contribution >= 4 is 23.4 Å². The van der Waals surface area contributed by atoms with Crippen molar-refractivity contribution in [2.75, 3.05) is 18.2 Å². The van der Waals surface area contributed by atoms with Crippen LogP contribution >= 0.6 is 11.8 Å². The zero-order valence-electron chi connectivity index (χ0n) is 12.2. The van der Waals surface area contributed by atoms with E-state index < -0.39 is 11.6 Å². The molecule has 0 radical (unpaired) electrons. The van der Waals surface area contributed by atoms with Gasteiger partial charge < -0.3 is 10.1 Å². The Kier molecular flexibility index (Phi) is 5.38. The molecular formula is C16H15F2NO2S. The maximum Gasteiger partial charge on any atom is 0.234 e. The second kappa shape index (κ2) is 7.26. The summed E-state index contributed by atoms with van der Waals surface area (Å²) < 4.78 is 31.1. The molecule has 0 aliphatic rings. The van der Waals surface area contributed by atoms with Crippen molar-refractivity contribution in [1.29, 1.82) is 0 Å². The molecule has 2 rings (SSSR count). The molecule has 0 aromatic heterocycles. The summed E-state index contributed by atoms with van der Waals surface area (Å²) in [5, 5.41) is 2.75. The molecular weight excluding hydrogens is 308 g/mol. The average molecular weight is 323 g/mol. The molecule has 0 saturated carbocycles. The summed E-state index contributed by atoms with van der Waals surface area (Å²) in [6.45, 7) is 1.91. The Morgan fingerprint density at radius 3 is 2.64 bits per heavy atom. The maximum absolute atomic E-state index is 13.1. The second-order valence-corrected chi connectivity index (χ2v) is 5.67. The van der Waals surface area contributed by atoms with Gasteiger partial charge in [-0.2, -0.15) is 0 Å². The van der Waals surface area contributed by atoms with Gasteiger partial charge in [-0.25, -0.2) is 8.78 Å². The highest BCUT2D eigenvalue weighted by Gasteiger charge is 2.09. The largest absolute Gasteiger partial charge is 0.495 e. The molecule has 6 heteroatoms. The van der Waals surface area contributed by atoms with Gasteiger partial charge in [-0.05, 0) is 42.8 Å². The quantitative estimate of drug-likeness (QED) is 0.845. The SMILES string of the molecule is COc1ccc(C)cc1NC(=O)CSc1ccc(F)c(F)c1. The monoisotopic (exact) mass is 323 g/mol. The molecule has 3 nitrogen and oxygen atoms in total. The minimum atomic E-state index is -0.925. The Hall–Kier alpha value is -2.08. The maximum atomic E-state index is 13.1. The van der Waals surface area contributed by atoms with E-state index in [0.717, 1.165) is 29.5 Å². The lowest BCUT2D eigenvalue weighted by atomic mass is 10.2. The summed E-state index contributed by atoms with van der Waals surface area (Å²) in [7, 11) is 1.52. The van der Waals surface area contributed by atoms with Gasteiger partial charge >= 0.3 is 0 Å². The molecule has 0 fully saturated rings. The number of thioether (sulfide) groups is 1. The Labute approximate surface area is 131 Å². The highest BCUT2D eigenvalue weighted by Crippen LogP contribution is 2.26. The van der Waals surface area contributed by atoms with Gasteiger partial charge in [-0.15, -0.1) is 11.8 Å².